The number of halogens is 1. The highest BCUT2D eigenvalue weighted by atomic mass is 127. The molecule has 0 saturated heterocycles. The Balaban J connectivity index is 2.68. The van der Waals surface area contributed by atoms with Gasteiger partial charge in [0.05, 0.1) is 0 Å². The summed E-state index contributed by atoms with van der Waals surface area (Å²) in [4.78, 5) is 0. The molecule has 0 amide bonds. The first-order chi connectivity index (χ1) is 7.09. The molecule has 1 aromatic heterocycles. The van der Waals surface area contributed by atoms with E-state index in [2.05, 4.69) is 78.3 Å². The number of aromatic nitrogens is 1. The molecule has 0 aliphatic rings. The van der Waals surface area contributed by atoms with E-state index in [1.54, 1.807) is 0 Å². The van der Waals surface area contributed by atoms with Gasteiger partial charge in [-0.25, -0.2) is 0 Å². The minimum atomic E-state index is 1.28. The zero-order chi connectivity index (χ0) is 11.0. The number of hydrogen-bond donors (Lipinski definition) is 0. The molecule has 0 saturated carbocycles. The first kappa shape index (κ1) is 10.7. The van der Waals surface area contributed by atoms with Crippen LogP contribution in [0.1, 0.15) is 17.0 Å². The fraction of sp³-hybridized carbons (Fsp3) is 0.231. The van der Waals surface area contributed by atoms with Crippen LogP contribution < -0.4 is 0 Å². The molecule has 0 fully saturated rings. The van der Waals surface area contributed by atoms with E-state index in [1.165, 1.54) is 26.2 Å². The largest absolute Gasteiger partial charge is 0.318 e. The summed E-state index contributed by atoms with van der Waals surface area (Å²) in [6.45, 7) is 6.45. The van der Waals surface area contributed by atoms with Gasteiger partial charge in [-0.3, -0.25) is 0 Å². The molecule has 2 aromatic rings. The molecule has 0 radical (unpaired) electrons. The van der Waals surface area contributed by atoms with E-state index in [4.69, 9.17) is 0 Å². The van der Waals surface area contributed by atoms with Gasteiger partial charge in [-0.2, -0.15) is 0 Å². The van der Waals surface area contributed by atoms with Crippen LogP contribution in [-0.2, 0) is 0 Å². The van der Waals surface area contributed by atoms with Crippen LogP contribution in [0.4, 0.5) is 0 Å². The van der Waals surface area contributed by atoms with Gasteiger partial charge in [0.2, 0.25) is 0 Å². The van der Waals surface area contributed by atoms with Crippen molar-refractivity contribution >= 4 is 22.6 Å². The number of nitrogens with zero attached hydrogens (tertiary/aromatic N) is 1. The summed E-state index contributed by atoms with van der Waals surface area (Å²) in [6, 6.07) is 10.9. The normalized spacial score (nSPS) is 10.7. The Morgan fingerprint density at radius 2 is 1.53 bits per heavy atom. The molecule has 78 valence electrons. The van der Waals surface area contributed by atoms with E-state index in [0.717, 1.165) is 0 Å². The van der Waals surface area contributed by atoms with Crippen molar-refractivity contribution in [2.45, 2.75) is 20.8 Å². The SMILES string of the molecule is Cc1ccc(I)cc1-n1c(C)ccc1C. The lowest BCUT2D eigenvalue weighted by molar-refractivity contribution is 0.954. The van der Waals surface area contributed by atoms with Gasteiger partial charge in [0.25, 0.3) is 0 Å². The Morgan fingerprint density at radius 1 is 0.933 bits per heavy atom. The van der Waals surface area contributed by atoms with E-state index in [1.807, 2.05) is 0 Å². The molecular formula is C13H14IN. The van der Waals surface area contributed by atoms with E-state index < -0.39 is 0 Å². The van der Waals surface area contributed by atoms with Gasteiger partial charge in [-0.15, -0.1) is 0 Å². The Kier molecular flexibility index (Phi) is 2.87. The van der Waals surface area contributed by atoms with Crippen LogP contribution in [0.2, 0.25) is 0 Å². The molecule has 0 spiro atoms. The topological polar surface area (TPSA) is 4.93 Å². The summed E-state index contributed by atoms with van der Waals surface area (Å²) in [5, 5.41) is 0. The monoisotopic (exact) mass is 311 g/mol. The summed E-state index contributed by atoms with van der Waals surface area (Å²) in [7, 11) is 0. The fourth-order valence-electron chi connectivity index (χ4n) is 1.87. The molecule has 2 rings (SSSR count). The zero-order valence-corrected chi connectivity index (χ0v) is 11.4. The van der Waals surface area contributed by atoms with Gasteiger partial charge in [0.15, 0.2) is 0 Å². The summed E-state index contributed by atoms with van der Waals surface area (Å²) < 4.78 is 3.58. The second-order valence-electron chi connectivity index (χ2n) is 3.88. The third kappa shape index (κ3) is 1.95. The molecule has 2 heteroatoms. The van der Waals surface area contributed by atoms with Crippen molar-refractivity contribution in [1.29, 1.82) is 0 Å². The van der Waals surface area contributed by atoms with Crippen molar-refractivity contribution < 1.29 is 0 Å². The second-order valence-corrected chi connectivity index (χ2v) is 5.13. The van der Waals surface area contributed by atoms with Crippen molar-refractivity contribution in [3.63, 3.8) is 0 Å². The van der Waals surface area contributed by atoms with Crippen LogP contribution in [0.5, 0.6) is 0 Å². The molecule has 1 nitrogen and oxygen atoms in total. The van der Waals surface area contributed by atoms with E-state index in [-0.39, 0.29) is 0 Å². The third-order valence-electron chi connectivity index (χ3n) is 2.68. The van der Waals surface area contributed by atoms with Crippen LogP contribution >= 0.6 is 22.6 Å². The summed E-state index contributed by atoms with van der Waals surface area (Å²) in [5.74, 6) is 0. The van der Waals surface area contributed by atoms with Crippen LogP contribution in [0.25, 0.3) is 5.69 Å². The minimum Gasteiger partial charge on any atom is -0.318 e. The smallest absolute Gasteiger partial charge is 0.0494 e. The van der Waals surface area contributed by atoms with Gasteiger partial charge in [-0.05, 0) is 73.2 Å². The van der Waals surface area contributed by atoms with Crippen LogP contribution in [0.3, 0.4) is 0 Å². The van der Waals surface area contributed by atoms with E-state index >= 15 is 0 Å². The molecule has 1 aromatic carbocycles. The average Bonchev–Trinajstić information content (AvgIpc) is 2.51. The molecule has 0 bridgehead atoms. The molecule has 0 aliphatic heterocycles. The third-order valence-corrected chi connectivity index (χ3v) is 3.35. The maximum atomic E-state index is 2.36. The lowest BCUT2D eigenvalue weighted by atomic mass is 10.2. The number of rotatable bonds is 1. The van der Waals surface area contributed by atoms with E-state index in [9.17, 15) is 0 Å². The number of hydrogen-bond acceptors (Lipinski definition) is 0. The van der Waals surface area contributed by atoms with E-state index in [0.29, 0.717) is 0 Å². The maximum Gasteiger partial charge on any atom is 0.0494 e. The maximum absolute atomic E-state index is 2.36. The second kappa shape index (κ2) is 4.00. The molecule has 0 N–H and O–H groups in total. The van der Waals surface area contributed by atoms with Gasteiger partial charge < -0.3 is 4.57 Å². The number of aryl methyl sites for hydroxylation is 3. The number of benzene rings is 1. The fourth-order valence-corrected chi connectivity index (χ4v) is 2.35. The van der Waals surface area contributed by atoms with Crippen molar-refractivity contribution in [2.24, 2.45) is 0 Å². The Bertz CT molecular complexity index is 478. The molecule has 0 aliphatic carbocycles. The van der Waals surface area contributed by atoms with Crippen molar-refractivity contribution in [3.05, 3.63) is 50.9 Å². The highest BCUT2D eigenvalue weighted by molar-refractivity contribution is 14.1. The Morgan fingerprint density at radius 3 is 2.13 bits per heavy atom. The lowest BCUT2D eigenvalue weighted by Gasteiger charge is -2.12. The van der Waals surface area contributed by atoms with Crippen molar-refractivity contribution in [2.75, 3.05) is 0 Å². The van der Waals surface area contributed by atoms with Gasteiger partial charge in [0, 0.05) is 20.6 Å². The summed E-state index contributed by atoms with van der Waals surface area (Å²) in [5.41, 5.74) is 5.19. The quantitative estimate of drug-likeness (QED) is 0.701. The standard InChI is InChI=1S/C13H14IN/c1-9-4-7-12(14)8-13(9)15-10(2)5-6-11(15)3/h4-8H,1-3H3. The summed E-state index contributed by atoms with van der Waals surface area (Å²) >= 11 is 2.36. The average molecular weight is 311 g/mol. The Hall–Kier alpha value is -0.770. The lowest BCUT2D eigenvalue weighted by Crippen LogP contribution is -2.01. The van der Waals surface area contributed by atoms with Crippen LogP contribution in [0, 0.1) is 24.3 Å². The van der Waals surface area contributed by atoms with Crippen LogP contribution in [-0.4, -0.2) is 4.57 Å². The highest BCUT2D eigenvalue weighted by Crippen LogP contribution is 2.21. The molecule has 0 unspecified atom stereocenters. The predicted octanol–water partition coefficient (Wildman–Crippen LogP) is 4.01. The Labute approximate surface area is 104 Å². The first-order valence-electron chi connectivity index (χ1n) is 5.01. The van der Waals surface area contributed by atoms with Crippen molar-refractivity contribution in [1.82, 2.24) is 4.57 Å². The predicted molar refractivity (Wildman–Crippen MR) is 72.7 cm³/mol. The van der Waals surface area contributed by atoms with Crippen molar-refractivity contribution in [3.8, 4) is 5.69 Å². The first-order valence-corrected chi connectivity index (χ1v) is 6.09. The summed E-state index contributed by atoms with van der Waals surface area (Å²) in [6.07, 6.45) is 0. The molecule has 0 atom stereocenters. The zero-order valence-electron chi connectivity index (χ0n) is 9.21. The molecule has 15 heavy (non-hydrogen) atoms. The molecule has 1 heterocycles. The van der Waals surface area contributed by atoms with Gasteiger partial charge >= 0.3 is 0 Å². The highest BCUT2D eigenvalue weighted by Gasteiger charge is 2.06. The van der Waals surface area contributed by atoms with Crippen LogP contribution in [0.15, 0.2) is 30.3 Å². The molecular weight excluding hydrogens is 297 g/mol. The van der Waals surface area contributed by atoms with Gasteiger partial charge in [-0.1, -0.05) is 6.07 Å². The van der Waals surface area contributed by atoms with Gasteiger partial charge in [0.1, 0.15) is 0 Å². The minimum absolute atomic E-state index is 1.28.